The largest absolute Gasteiger partial charge is 0.497 e. The number of benzene rings is 2. The van der Waals surface area contributed by atoms with Crippen molar-refractivity contribution in [2.75, 3.05) is 14.2 Å². The molecule has 1 atom stereocenters. The van der Waals surface area contributed by atoms with Gasteiger partial charge < -0.3 is 14.2 Å². The van der Waals surface area contributed by atoms with Crippen LogP contribution in [-0.2, 0) is 9.53 Å². The van der Waals surface area contributed by atoms with Gasteiger partial charge in [0.25, 0.3) is 5.56 Å². The molecule has 176 valence electrons. The van der Waals surface area contributed by atoms with Crippen LogP contribution < -0.4 is 24.4 Å². The number of esters is 1. The fourth-order valence-corrected chi connectivity index (χ4v) is 4.95. The second-order valence-corrected chi connectivity index (χ2v) is 9.06. The first-order chi connectivity index (χ1) is 16.3. The minimum Gasteiger partial charge on any atom is -0.497 e. The molecule has 2 heterocycles. The van der Waals surface area contributed by atoms with Gasteiger partial charge in [0.1, 0.15) is 17.5 Å². The van der Waals surface area contributed by atoms with Gasteiger partial charge in [-0.1, -0.05) is 41.7 Å². The highest BCUT2D eigenvalue weighted by Crippen LogP contribution is 2.37. The van der Waals surface area contributed by atoms with Crippen molar-refractivity contribution in [2.45, 2.75) is 32.9 Å². The number of fused-ring (bicyclic) bond motifs is 1. The van der Waals surface area contributed by atoms with Gasteiger partial charge in [0.05, 0.1) is 36.1 Å². The van der Waals surface area contributed by atoms with E-state index in [0.29, 0.717) is 37.7 Å². The molecule has 2 aromatic carbocycles. The fraction of sp³-hybridized carbons (Fsp3) is 0.269. The molecule has 0 unspecified atom stereocenters. The van der Waals surface area contributed by atoms with E-state index < -0.39 is 12.0 Å². The number of ether oxygens (including phenoxy) is 3. The number of thiazole rings is 1. The van der Waals surface area contributed by atoms with Crippen molar-refractivity contribution >= 4 is 23.4 Å². The summed E-state index contributed by atoms with van der Waals surface area (Å²) >= 11 is 1.28. The van der Waals surface area contributed by atoms with Gasteiger partial charge in [0, 0.05) is 5.56 Å². The second kappa shape index (κ2) is 9.69. The van der Waals surface area contributed by atoms with Crippen LogP contribution in [0.2, 0.25) is 0 Å². The molecule has 0 fully saturated rings. The summed E-state index contributed by atoms with van der Waals surface area (Å²) in [7, 11) is 3.11. The van der Waals surface area contributed by atoms with Crippen molar-refractivity contribution in [1.82, 2.24) is 4.57 Å². The van der Waals surface area contributed by atoms with Gasteiger partial charge in [0.2, 0.25) is 0 Å². The highest BCUT2D eigenvalue weighted by Gasteiger charge is 2.35. The number of carbonyl (C=O) groups excluding carboxylic acids is 1. The van der Waals surface area contributed by atoms with Crippen molar-refractivity contribution in [1.29, 1.82) is 0 Å². The Bertz CT molecular complexity index is 1430. The second-order valence-electron chi connectivity index (χ2n) is 8.05. The van der Waals surface area contributed by atoms with Crippen LogP contribution in [0.15, 0.2) is 69.6 Å². The molecule has 8 heteroatoms. The highest BCUT2D eigenvalue weighted by molar-refractivity contribution is 7.07. The minimum absolute atomic E-state index is 0.246. The number of allylic oxidation sites excluding steroid dienone is 1. The molecule has 4 rings (SSSR count). The first-order valence-electron chi connectivity index (χ1n) is 10.8. The van der Waals surface area contributed by atoms with Gasteiger partial charge in [-0.3, -0.25) is 9.36 Å². The molecule has 1 aliphatic rings. The van der Waals surface area contributed by atoms with E-state index in [1.807, 2.05) is 36.4 Å². The first-order valence-corrected chi connectivity index (χ1v) is 11.7. The van der Waals surface area contributed by atoms with Gasteiger partial charge in [-0.05, 0) is 50.6 Å². The first kappa shape index (κ1) is 23.5. The summed E-state index contributed by atoms with van der Waals surface area (Å²) in [6, 6.07) is 14.1. The molecule has 0 spiro atoms. The van der Waals surface area contributed by atoms with Crippen LogP contribution in [0.5, 0.6) is 11.5 Å². The normalized spacial score (nSPS) is 15.7. The van der Waals surface area contributed by atoms with E-state index in [9.17, 15) is 9.59 Å². The third-order valence-electron chi connectivity index (χ3n) is 5.41. The zero-order chi connectivity index (χ0) is 24.4. The Morgan fingerprint density at radius 3 is 2.50 bits per heavy atom. The summed E-state index contributed by atoms with van der Waals surface area (Å²) in [6.45, 7) is 5.32. The predicted octanol–water partition coefficient (Wildman–Crippen LogP) is 3.20. The zero-order valence-corrected chi connectivity index (χ0v) is 20.5. The quantitative estimate of drug-likeness (QED) is 0.509. The van der Waals surface area contributed by atoms with E-state index >= 15 is 0 Å². The number of hydrogen-bond acceptors (Lipinski definition) is 7. The Balaban J connectivity index is 2.02. The molecule has 7 nitrogen and oxygen atoms in total. The SMILES string of the molecule is COc1ccc(OC)c([C@H]2C(C(=O)OC(C)C)=C(C)N=c3s/c(=C\c4ccccc4)c(=O)n32)c1. The third-order valence-corrected chi connectivity index (χ3v) is 6.40. The number of rotatable bonds is 6. The number of aromatic nitrogens is 1. The van der Waals surface area contributed by atoms with Gasteiger partial charge >= 0.3 is 5.97 Å². The number of methoxy groups -OCH3 is 2. The third kappa shape index (κ3) is 4.41. The van der Waals surface area contributed by atoms with Crippen LogP contribution in [0.1, 0.15) is 37.9 Å². The molecule has 0 saturated heterocycles. The Morgan fingerprint density at radius 1 is 1.12 bits per heavy atom. The summed E-state index contributed by atoms with van der Waals surface area (Å²) in [6.07, 6.45) is 1.50. The van der Waals surface area contributed by atoms with Crippen LogP contribution in [0, 0.1) is 0 Å². The molecule has 3 aromatic rings. The van der Waals surface area contributed by atoms with Gasteiger partial charge in [0.15, 0.2) is 4.80 Å². The maximum Gasteiger partial charge on any atom is 0.338 e. The highest BCUT2D eigenvalue weighted by atomic mass is 32.1. The summed E-state index contributed by atoms with van der Waals surface area (Å²) in [5.74, 6) is 0.574. The molecule has 1 aromatic heterocycles. The molecular weight excluding hydrogens is 452 g/mol. The number of hydrogen-bond donors (Lipinski definition) is 0. The number of nitrogens with zero attached hydrogens (tertiary/aromatic N) is 2. The van der Waals surface area contributed by atoms with Crippen LogP contribution >= 0.6 is 11.3 Å². The van der Waals surface area contributed by atoms with Crippen LogP contribution in [0.4, 0.5) is 0 Å². The molecule has 0 saturated carbocycles. The van der Waals surface area contributed by atoms with Crippen molar-refractivity contribution < 1.29 is 19.0 Å². The van der Waals surface area contributed by atoms with E-state index in [2.05, 4.69) is 4.99 Å². The average molecular weight is 479 g/mol. The Morgan fingerprint density at radius 2 is 1.85 bits per heavy atom. The van der Waals surface area contributed by atoms with E-state index in [1.165, 1.54) is 11.3 Å². The summed E-state index contributed by atoms with van der Waals surface area (Å²) in [5, 5.41) is 0. The topological polar surface area (TPSA) is 79.1 Å². The smallest absolute Gasteiger partial charge is 0.338 e. The lowest BCUT2D eigenvalue weighted by atomic mass is 9.94. The lowest BCUT2D eigenvalue weighted by Gasteiger charge is -2.26. The van der Waals surface area contributed by atoms with Crippen molar-refractivity contribution in [2.24, 2.45) is 4.99 Å². The van der Waals surface area contributed by atoms with Crippen LogP contribution in [0.25, 0.3) is 6.08 Å². The van der Waals surface area contributed by atoms with Crippen molar-refractivity contribution in [3.05, 3.63) is 90.6 Å². The van der Waals surface area contributed by atoms with E-state index in [4.69, 9.17) is 14.2 Å². The van der Waals surface area contributed by atoms with Crippen LogP contribution in [-0.4, -0.2) is 30.9 Å². The van der Waals surface area contributed by atoms with Gasteiger partial charge in [-0.2, -0.15) is 0 Å². The van der Waals surface area contributed by atoms with Gasteiger partial charge in [-0.15, -0.1) is 0 Å². The summed E-state index contributed by atoms with van der Waals surface area (Å²) < 4.78 is 18.7. The maximum absolute atomic E-state index is 13.7. The molecule has 0 N–H and O–H groups in total. The molecule has 0 amide bonds. The lowest BCUT2D eigenvalue weighted by Crippen LogP contribution is -2.40. The monoisotopic (exact) mass is 478 g/mol. The Hall–Kier alpha value is -3.65. The van der Waals surface area contributed by atoms with Crippen molar-refractivity contribution in [3.8, 4) is 11.5 Å². The molecule has 1 aliphatic heterocycles. The van der Waals surface area contributed by atoms with E-state index in [-0.39, 0.29) is 11.7 Å². The standard InChI is InChI=1S/C26H26N2O5S/c1-15(2)33-25(30)22-16(3)27-26-28(23(22)19-14-18(31-4)11-12-20(19)32-5)24(29)21(34-26)13-17-9-7-6-8-10-17/h6-15,23H,1-5H3/b21-13-/t23-/m0/s1. The molecular formula is C26H26N2O5S. The maximum atomic E-state index is 13.7. The lowest BCUT2D eigenvalue weighted by molar-refractivity contribution is -0.143. The molecule has 0 aliphatic carbocycles. The van der Waals surface area contributed by atoms with Crippen LogP contribution in [0.3, 0.4) is 0 Å². The van der Waals surface area contributed by atoms with Gasteiger partial charge in [-0.25, -0.2) is 9.79 Å². The molecule has 0 radical (unpaired) electrons. The predicted molar refractivity (Wildman–Crippen MR) is 131 cm³/mol. The molecule has 34 heavy (non-hydrogen) atoms. The fourth-order valence-electron chi connectivity index (χ4n) is 3.91. The minimum atomic E-state index is -0.787. The average Bonchev–Trinajstić information content (AvgIpc) is 3.12. The zero-order valence-electron chi connectivity index (χ0n) is 19.7. The number of carbonyl (C=O) groups is 1. The summed E-state index contributed by atoms with van der Waals surface area (Å²) in [4.78, 5) is 32.1. The van der Waals surface area contributed by atoms with E-state index in [1.54, 1.807) is 57.8 Å². The Labute approximate surface area is 201 Å². The molecule has 0 bridgehead atoms. The van der Waals surface area contributed by atoms with Crippen molar-refractivity contribution in [3.63, 3.8) is 0 Å². The summed E-state index contributed by atoms with van der Waals surface area (Å²) in [5.41, 5.74) is 2.05. The Kier molecular flexibility index (Phi) is 6.70. The van der Waals surface area contributed by atoms with E-state index in [0.717, 1.165) is 5.56 Å².